The maximum atomic E-state index is 12.5. The van der Waals surface area contributed by atoms with Crippen LogP contribution < -0.4 is 15.2 Å². The number of carbonyl (C=O) groups excluding carboxylic acids is 2. The Balaban J connectivity index is 1.64. The van der Waals surface area contributed by atoms with Crippen LogP contribution in [-0.4, -0.2) is 39.5 Å². The van der Waals surface area contributed by atoms with Gasteiger partial charge in [-0.25, -0.2) is 18.4 Å². The summed E-state index contributed by atoms with van der Waals surface area (Å²) in [7, 11) is -2.66. The Kier molecular flexibility index (Phi) is 6.19. The topological polar surface area (TPSA) is 125 Å². The van der Waals surface area contributed by atoms with E-state index in [9.17, 15) is 18.0 Å². The van der Waals surface area contributed by atoms with Gasteiger partial charge in [0.25, 0.3) is 5.91 Å². The van der Waals surface area contributed by atoms with E-state index in [2.05, 4.69) is 5.32 Å². The number of rotatable bonds is 7. The zero-order valence-electron chi connectivity index (χ0n) is 16.9. The number of carbonyl (C=O) groups is 2. The van der Waals surface area contributed by atoms with E-state index in [-0.39, 0.29) is 28.2 Å². The maximum absolute atomic E-state index is 12.5. The number of methoxy groups -OCH3 is 1. The van der Waals surface area contributed by atoms with Crippen molar-refractivity contribution in [2.75, 3.05) is 7.11 Å². The van der Waals surface area contributed by atoms with Crippen LogP contribution in [0.3, 0.4) is 0 Å². The van der Waals surface area contributed by atoms with E-state index in [0.717, 1.165) is 18.4 Å². The van der Waals surface area contributed by atoms with Crippen molar-refractivity contribution >= 4 is 21.9 Å². The summed E-state index contributed by atoms with van der Waals surface area (Å²) < 4.78 is 33.5. The number of amides is 1. The summed E-state index contributed by atoms with van der Waals surface area (Å²) in [6, 6.07) is 3.65. The fourth-order valence-electron chi connectivity index (χ4n) is 4.66. The Bertz CT molecular complexity index is 900. The predicted octanol–water partition coefficient (Wildman–Crippen LogP) is 1.83. The molecule has 9 heteroatoms. The van der Waals surface area contributed by atoms with E-state index in [1.807, 2.05) is 6.92 Å². The van der Waals surface area contributed by atoms with Crippen LogP contribution in [-0.2, 0) is 19.6 Å². The van der Waals surface area contributed by atoms with Crippen molar-refractivity contribution in [2.45, 2.75) is 56.6 Å². The lowest BCUT2D eigenvalue weighted by Gasteiger charge is -2.29. The maximum Gasteiger partial charge on any atom is 0.342 e. The number of nitrogens with one attached hydrogen (secondary N) is 1. The molecule has 1 amide bonds. The van der Waals surface area contributed by atoms with Crippen LogP contribution in [0, 0.1) is 17.8 Å². The first-order valence-corrected chi connectivity index (χ1v) is 11.4. The number of nitrogens with two attached hydrogens (primary N) is 1. The molecule has 0 unspecified atom stereocenters. The van der Waals surface area contributed by atoms with Gasteiger partial charge in [-0.3, -0.25) is 4.79 Å². The predicted molar refractivity (Wildman–Crippen MR) is 106 cm³/mol. The lowest BCUT2D eigenvalue weighted by Crippen LogP contribution is -2.45. The van der Waals surface area contributed by atoms with Crippen LogP contribution in [0.25, 0.3) is 0 Å². The molecule has 0 heterocycles. The van der Waals surface area contributed by atoms with Crippen LogP contribution in [0.5, 0.6) is 5.75 Å². The summed E-state index contributed by atoms with van der Waals surface area (Å²) in [4.78, 5) is 24.8. The summed E-state index contributed by atoms with van der Waals surface area (Å²) >= 11 is 0. The van der Waals surface area contributed by atoms with Crippen LogP contribution in [0.2, 0.25) is 0 Å². The Morgan fingerprint density at radius 3 is 2.48 bits per heavy atom. The molecule has 2 fully saturated rings. The number of hydrogen-bond donors (Lipinski definition) is 2. The van der Waals surface area contributed by atoms with E-state index >= 15 is 0 Å². The van der Waals surface area contributed by atoms with Gasteiger partial charge in [0.1, 0.15) is 11.3 Å². The van der Waals surface area contributed by atoms with E-state index in [1.165, 1.54) is 45.4 Å². The quantitative estimate of drug-likeness (QED) is 0.644. The highest BCUT2D eigenvalue weighted by atomic mass is 32.2. The minimum Gasteiger partial charge on any atom is -0.496 e. The van der Waals surface area contributed by atoms with E-state index < -0.39 is 22.1 Å². The van der Waals surface area contributed by atoms with Gasteiger partial charge in [-0.1, -0.05) is 6.42 Å². The van der Waals surface area contributed by atoms with Crippen LogP contribution in [0.15, 0.2) is 23.1 Å². The second-order valence-corrected chi connectivity index (χ2v) is 9.65. The number of sulfonamides is 1. The molecule has 8 nitrogen and oxygen atoms in total. The Morgan fingerprint density at radius 2 is 1.93 bits per heavy atom. The Morgan fingerprint density at radius 1 is 1.21 bits per heavy atom. The van der Waals surface area contributed by atoms with Crippen molar-refractivity contribution in [3.8, 4) is 5.75 Å². The number of ether oxygens (including phenoxy) is 2. The molecule has 1 aromatic rings. The Labute approximate surface area is 171 Å². The average molecular weight is 425 g/mol. The number of hydrogen-bond acceptors (Lipinski definition) is 6. The molecule has 5 atom stereocenters. The third-order valence-corrected chi connectivity index (χ3v) is 7.09. The van der Waals surface area contributed by atoms with Crippen LogP contribution in [0.1, 0.15) is 49.9 Å². The smallest absolute Gasteiger partial charge is 0.342 e. The molecule has 0 aromatic heterocycles. The molecule has 0 radical (unpaired) electrons. The average Bonchev–Trinajstić information content (AvgIpc) is 3.30. The fraction of sp³-hybridized carbons (Fsp3) is 0.600. The zero-order valence-corrected chi connectivity index (χ0v) is 17.7. The van der Waals surface area contributed by atoms with E-state index in [0.29, 0.717) is 11.8 Å². The number of fused-ring (bicyclic) bond motifs is 2. The summed E-state index contributed by atoms with van der Waals surface area (Å²) in [6.45, 7) is 3.48. The lowest BCUT2D eigenvalue weighted by molar-refractivity contribution is -0.130. The molecule has 29 heavy (non-hydrogen) atoms. The molecule has 2 bridgehead atoms. The first-order chi connectivity index (χ1) is 13.6. The first-order valence-electron chi connectivity index (χ1n) is 9.82. The van der Waals surface area contributed by atoms with Crippen molar-refractivity contribution in [3.05, 3.63) is 23.8 Å². The monoisotopic (exact) mass is 424 g/mol. The summed E-state index contributed by atoms with van der Waals surface area (Å²) in [5.74, 6) is 0.798. The minimum absolute atomic E-state index is 0.0131. The molecule has 0 saturated heterocycles. The largest absolute Gasteiger partial charge is 0.496 e. The second kappa shape index (κ2) is 8.31. The standard InChI is InChI=1S/C20H28N2O6S/c1-11(16-9-13-4-5-14(16)8-13)22-19(23)12(2)28-20(24)17-10-15(29(21,25)26)6-7-18(17)27-3/h6-7,10-14,16H,4-5,8-9H2,1-3H3,(H,22,23)(H2,21,25,26)/t11-,12-,13+,14+,16-/m1/s1. The first kappa shape index (κ1) is 21.6. The third kappa shape index (κ3) is 4.72. The molecule has 3 rings (SSSR count). The van der Waals surface area contributed by atoms with Crippen molar-refractivity contribution in [1.82, 2.24) is 5.32 Å². The molecular formula is C20H28N2O6S. The Hall–Kier alpha value is -2.13. The van der Waals surface area contributed by atoms with Gasteiger partial charge in [0.15, 0.2) is 6.10 Å². The number of esters is 1. The molecule has 2 aliphatic rings. The van der Waals surface area contributed by atoms with E-state index in [1.54, 1.807) is 0 Å². The molecule has 0 aliphatic heterocycles. The normalized spacial score (nSPS) is 25.3. The highest BCUT2D eigenvalue weighted by molar-refractivity contribution is 7.89. The van der Waals surface area contributed by atoms with Crippen LogP contribution >= 0.6 is 0 Å². The molecule has 2 aliphatic carbocycles. The van der Waals surface area contributed by atoms with Gasteiger partial charge in [-0.2, -0.15) is 0 Å². The molecule has 1 aromatic carbocycles. The second-order valence-electron chi connectivity index (χ2n) is 8.09. The number of benzene rings is 1. The van der Waals surface area contributed by atoms with Gasteiger partial charge in [0.2, 0.25) is 10.0 Å². The highest BCUT2D eigenvalue weighted by Crippen LogP contribution is 2.49. The molecular weight excluding hydrogens is 396 g/mol. The molecule has 2 saturated carbocycles. The third-order valence-electron chi connectivity index (χ3n) is 6.18. The van der Waals surface area contributed by atoms with Gasteiger partial charge in [0, 0.05) is 6.04 Å². The van der Waals surface area contributed by atoms with Crippen LogP contribution in [0.4, 0.5) is 0 Å². The van der Waals surface area contributed by atoms with E-state index in [4.69, 9.17) is 14.6 Å². The van der Waals surface area contributed by atoms with Crippen molar-refractivity contribution < 1.29 is 27.5 Å². The summed E-state index contributed by atoms with van der Waals surface area (Å²) in [5, 5.41) is 8.09. The van der Waals surface area contributed by atoms with Gasteiger partial charge in [0.05, 0.1) is 12.0 Å². The molecule has 0 spiro atoms. The zero-order chi connectivity index (χ0) is 21.3. The number of primary sulfonamides is 1. The van der Waals surface area contributed by atoms with Gasteiger partial charge < -0.3 is 14.8 Å². The summed E-state index contributed by atoms with van der Waals surface area (Å²) in [5.41, 5.74) is -0.111. The van der Waals surface area contributed by atoms with Crippen molar-refractivity contribution in [3.63, 3.8) is 0 Å². The van der Waals surface area contributed by atoms with Gasteiger partial charge in [-0.15, -0.1) is 0 Å². The molecule has 3 N–H and O–H groups in total. The highest BCUT2D eigenvalue weighted by Gasteiger charge is 2.42. The van der Waals surface area contributed by atoms with Gasteiger partial charge in [-0.05, 0) is 69.1 Å². The lowest BCUT2D eigenvalue weighted by atomic mass is 9.84. The van der Waals surface area contributed by atoms with Crippen molar-refractivity contribution in [1.29, 1.82) is 0 Å². The fourth-order valence-corrected chi connectivity index (χ4v) is 5.20. The molecule has 160 valence electrons. The summed E-state index contributed by atoms with van der Waals surface area (Å²) in [6.07, 6.45) is 3.86. The minimum atomic E-state index is -4.00. The van der Waals surface area contributed by atoms with Crippen molar-refractivity contribution in [2.24, 2.45) is 22.9 Å². The SMILES string of the molecule is COc1ccc(S(N)(=O)=O)cc1C(=O)O[C@H](C)C(=O)N[C@H](C)[C@H]1C[C@H]2CC[C@H]1C2. The van der Waals surface area contributed by atoms with Gasteiger partial charge >= 0.3 is 5.97 Å².